The molecule has 1 unspecified atom stereocenters. The molecule has 1 atom stereocenters. The van der Waals surface area contributed by atoms with Crippen LogP contribution in [0.3, 0.4) is 0 Å². The summed E-state index contributed by atoms with van der Waals surface area (Å²) >= 11 is 0. The number of nitrogens with zero attached hydrogens (tertiary/aromatic N) is 5. The standard InChI is InChI=1S/C19H23N7O2/c1-13-3-2-4-15(20-13)22-16-6-7-17(24-23-16)25-9-11-26(12-10-25)19(28)14-5-8-18(27)21-14/h2-4,6-7,14H,5,8-12H2,1H3,(H,21,27)(H,20,22,23). The van der Waals surface area contributed by atoms with Crippen LogP contribution in [0.2, 0.25) is 0 Å². The maximum atomic E-state index is 12.5. The van der Waals surface area contributed by atoms with E-state index in [1.54, 1.807) is 0 Å². The van der Waals surface area contributed by atoms with Crippen molar-refractivity contribution in [2.75, 3.05) is 36.4 Å². The summed E-state index contributed by atoms with van der Waals surface area (Å²) in [5.41, 5.74) is 0.930. The highest BCUT2D eigenvalue weighted by molar-refractivity contribution is 5.90. The molecule has 146 valence electrons. The van der Waals surface area contributed by atoms with Crippen LogP contribution < -0.4 is 15.5 Å². The molecular weight excluding hydrogens is 358 g/mol. The number of pyridine rings is 1. The summed E-state index contributed by atoms with van der Waals surface area (Å²) in [5, 5.41) is 14.4. The second-order valence-electron chi connectivity index (χ2n) is 7.04. The lowest BCUT2D eigenvalue weighted by molar-refractivity contribution is -0.134. The number of amides is 2. The van der Waals surface area contributed by atoms with Gasteiger partial charge in [0.15, 0.2) is 11.6 Å². The number of nitrogens with one attached hydrogen (secondary N) is 2. The zero-order valence-electron chi connectivity index (χ0n) is 15.8. The molecule has 0 saturated carbocycles. The number of hydrogen-bond donors (Lipinski definition) is 2. The molecule has 2 saturated heterocycles. The van der Waals surface area contributed by atoms with E-state index in [1.165, 1.54) is 0 Å². The fourth-order valence-electron chi connectivity index (χ4n) is 3.48. The van der Waals surface area contributed by atoms with E-state index in [-0.39, 0.29) is 17.9 Å². The molecule has 4 rings (SSSR count). The van der Waals surface area contributed by atoms with E-state index in [2.05, 4.69) is 30.7 Å². The Bertz CT molecular complexity index is 863. The Hall–Kier alpha value is -3.23. The van der Waals surface area contributed by atoms with Gasteiger partial charge in [0, 0.05) is 38.3 Å². The zero-order valence-corrected chi connectivity index (χ0v) is 15.8. The van der Waals surface area contributed by atoms with E-state index in [9.17, 15) is 9.59 Å². The summed E-state index contributed by atoms with van der Waals surface area (Å²) in [5.74, 6) is 2.12. The second-order valence-corrected chi connectivity index (χ2v) is 7.04. The van der Waals surface area contributed by atoms with E-state index in [0.717, 1.165) is 17.3 Å². The summed E-state index contributed by atoms with van der Waals surface area (Å²) in [6, 6.07) is 9.18. The molecule has 0 aliphatic carbocycles. The molecule has 2 aliphatic rings. The molecule has 9 heteroatoms. The number of aryl methyl sites for hydroxylation is 1. The van der Waals surface area contributed by atoms with Crippen molar-refractivity contribution in [2.45, 2.75) is 25.8 Å². The van der Waals surface area contributed by atoms with Gasteiger partial charge in [0.1, 0.15) is 11.9 Å². The molecule has 2 aromatic rings. The number of carbonyl (C=O) groups excluding carboxylic acids is 2. The molecule has 2 aliphatic heterocycles. The van der Waals surface area contributed by atoms with Gasteiger partial charge >= 0.3 is 0 Å². The van der Waals surface area contributed by atoms with Gasteiger partial charge in [-0.1, -0.05) is 6.07 Å². The molecule has 2 fully saturated rings. The van der Waals surface area contributed by atoms with E-state index >= 15 is 0 Å². The Balaban J connectivity index is 1.32. The van der Waals surface area contributed by atoms with Crippen LogP contribution >= 0.6 is 0 Å². The largest absolute Gasteiger partial charge is 0.352 e. The first-order chi connectivity index (χ1) is 13.6. The average molecular weight is 381 g/mol. The summed E-state index contributed by atoms with van der Waals surface area (Å²) < 4.78 is 0. The molecule has 0 bridgehead atoms. The third-order valence-electron chi connectivity index (χ3n) is 5.00. The van der Waals surface area contributed by atoms with Crippen LogP contribution in [0.1, 0.15) is 18.5 Å². The van der Waals surface area contributed by atoms with Crippen molar-refractivity contribution in [2.24, 2.45) is 0 Å². The van der Waals surface area contributed by atoms with Crippen molar-refractivity contribution in [3.05, 3.63) is 36.0 Å². The van der Waals surface area contributed by atoms with Crippen molar-refractivity contribution in [1.29, 1.82) is 0 Å². The lowest BCUT2D eigenvalue weighted by Gasteiger charge is -2.36. The molecule has 2 amide bonds. The molecule has 2 aromatic heterocycles. The van der Waals surface area contributed by atoms with Crippen LogP contribution in [0.25, 0.3) is 0 Å². The van der Waals surface area contributed by atoms with Crippen LogP contribution in [-0.2, 0) is 9.59 Å². The first-order valence-corrected chi connectivity index (χ1v) is 9.46. The highest BCUT2D eigenvalue weighted by atomic mass is 16.2. The summed E-state index contributed by atoms with van der Waals surface area (Å²) in [7, 11) is 0. The van der Waals surface area contributed by atoms with Crippen molar-refractivity contribution in [3.63, 3.8) is 0 Å². The van der Waals surface area contributed by atoms with Crippen molar-refractivity contribution < 1.29 is 9.59 Å². The monoisotopic (exact) mass is 381 g/mol. The normalized spacial score (nSPS) is 19.5. The minimum absolute atomic E-state index is 0.0155. The minimum Gasteiger partial charge on any atom is -0.352 e. The molecular formula is C19H23N7O2. The molecule has 28 heavy (non-hydrogen) atoms. The first-order valence-electron chi connectivity index (χ1n) is 9.46. The smallest absolute Gasteiger partial charge is 0.245 e. The van der Waals surface area contributed by atoms with Gasteiger partial charge in [0.25, 0.3) is 0 Å². The van der Waals surface area contributed by atoms with E-state index < -0.39 is 0 Å². The average Bonchev–Trinajstić information content (AvgIpc) is 3.15. The van der Waals surface area contributed by atoms with Crippen molar-refractivity contribution in [3.8, 4) is 0 Å². The Morgan fingerprint density at radius 1 is 1.11 bits per heavy atom. The van der Waals surface area contributed by atoms with Crippen LogP contribution in [0.5, 0.6) is 0 Å². The third kappa shape index (κ3) is 4.03. The first kappa shape index (κ1) is 18.1. The highest BCUT2D eigenvalue weighted by Gasteiger charge is 2.32. The maximum absolute atomic E-state index is 12.5. The van der Waals surface area contributed by atoms with Crippen LogP contribution in [0.15, 0.2) is 30.3 Å². The lowest BCUT2D eigenvalue weighted by Crippen LogP contribution is -2.53. The van der Waals surface area contributed by atoms with Crippen molar-refractivity contribution in [1.82, 2.24) is 25.4 Å². The van der Waals surface area contributed by atoms with Gasteiger partial charge in [-0.15, -0.1) is 10.2 Å². The maximum Gasteiger partial charge on any atom is 0.245 e. The van der Waals surface area contributed by atoms with Crippen LogP contribution in [-0.4, -0.2) is 64.1 Å². The zero-order chi connectivity index (χ0) is 19.5. The van der Waals surface area contributed by atoms with E-state index in [0.29, 0.717) is 44.8 Å². The van der Waals surface area contributed by atoms with Gasteiger partial charge in [0.2, 0.25) is 11.8 Å². The van der Waals surface area contributed by atoms with Gasteiger partial charge in [0.05, 0.1) is 0 Å². The number of aromatic nitrogens is 3. The highest BCUT2D eigenvalue weighted by Crippen LogP contribution is 2.18. The van der Waals surface area contributed by atoms with Gasteiger partial charge in [-0.05, 0) is 37.6 Å². The Morgan fingerprint density at radius 2 is 1.93 bits per heavy atom. The number of piperazine rings is 1. The summed E-state index contributed by atoms with van der Waals surface area (Å²) in [6.07, 6.45) is 1.03. The predicted octanol–water partition coefficient (Wildman–Crippen LogP) is 0.851. The predicted molar refractivity (Wildman–Crippen MR) is 104 cm³/mol. The molecule has 0 spiro atoms. The fraction of sp³-hybridized carbons (Fsp3) is 0.421. The van der Waals surface area contributed by atoms with Gasteiger partial charge < -0.3 is 20.4 Å². The minimum atomic E-state index is -0.362. The number of hydrogen-bond acceptors (Lipinski definition) is 7. The molecule has 0 aromatic carbocycles. The van der Waals surface area contributed by atoms with E-state index in [1.807, 2.05) is 42.2 Å². The molecule has 0 radical (unpaired) electrons. The third-order valence-corrected chi connectivity index (χ3v) is 5.00. The summed E-state index contributed by atoms with van der Waals surface area (Å²) in [6.45, 7) is 4.53. The number of carbonyl (C=O) groups is 2. The molecule has 9 nitrogen and oxygen atoms in total. The van der Waals surface area contributed by atoms with Gasteiger partial charge in [-0.2, -0.15) is 0 Å². The van der Waals surface area contributed by atoms with Gasteiger partial charge in [-0.3, -0.25) is 9.59 Å². The second kappa shape index (κ2) is 7.79. The summed E-state index contributed by atoms with van der Waals surface area (Å²) in [4.78, 5) is 32.1. The van der Waals surface area contributed by atoms with Crippen LogP contribution in [0.4, 0.5) is 17.5 Å². The quantitative estimate of drug-likeness (QED) is 0.809. The van der Waals surface area contributed by atoms with E-state index in [4.69, 9.17) is 0 Å². The Labute approximate surface area is 163 Å². The number of anilines is 3. The molecule has 4 heterocycles. The topological polar surface area (TPSA) is 103 Å². The SMILES string of the molecule is Cc1cccc(Nc2ccc(N3CCN(C(=O)C4CCC(=O)N4)CC3)nn2)n1. The molecule has 2 N–H and O–H groups in total. The Kier molecular flexibility index (Phi) is 5.05. The van der Waals surface area contributed by atoms with Crippen molar-refractivity contribution >= 4 is 29.3 Å². The Morgan fingerprint density at radius 3 is 2.57 bits per heavy atom. The fourth-order valence-corrected chi connectivity index (χ4v) is 3.48. The van der Waals surface area contributed by atoms with Gasteiger partial charge in [-0.25, -0.2) is 4.98 Å². The van der Waals surface area contributed by atoms with Crippen LogP contribution in [0, 0.1) is 6.92 Å². The number of rotatable bonds is 4. The lowest BCUT2D eigenvalue weighted by atomic mass is 10.2.